The maximum absolute atomic E-state index is 11.8. The second kappa shape index (κ2) is 5.04. The Morgan fingerprint density at radius 2 is 2.00 bits per heavy atom. The van der Waals surface area contributed by atoms with Crippen LogP contribution in [0.5, 0.6) is 0 Å². The maximum atomic E-state index is 11.8. The summed E-state index contributed by atoms with van der Waals surface area (Å²) in [5.74, 6) is -0.327. The molecule has 1 aromatic heterocycles. The van der Waals surface area contributed by atoms with Crippen LogP contribution in [0.4, 0.5) is 0 Å². The van der Waals surface area contributed by atoms with Gasteiger partial charge in [0.05, 0.1) is 24.2 Å². The van der Waals surface area contributed by atoms with Crippen molar-refractivity contribution in [2.24, 2.45) is 0 Å². The van der Waals surface area contributed by atoms with E-state index in [4.69, 9.17) is 4.74 Å². The lowest BCUT2D eigenvalue weighted by Crippen LogP contribution is -2.06. The molecule has 0 saturated heterocycles. The molecule has 0 fully saturated rings. The fraction of sp³-hybridized carbons (Fsp3) is 0.286. The number of methoxy groups -OCH3 is 1. The molecule has 2 aromatic rings. The molecule has 0 aliphatic carbocycles. The van der Waals surface area contributed by atoms with E-state index in [1.165, 1.54) is 7.11 Å². The highest BCUT2D eigenvalue weighted by molar-refractivity contribution is 5.92. The van der Waals surface area contributed by atoms with Crippen LogP contribution in [0.1, 0.15) is 28.7 Å². The summed E-state index contributed by atoms with van der Waals surface area (Å²) in [6.45, 7) is 3.86. The van der Waals surface area contributed by atoms with Crippen LogP contribution < -0.4 is 0 Å². The van der Waals surface area contributed by atoms with Crippen LogP contribution in [0.25, 0.3) is 5.69 Å². The highest BCUT2D eigenvalue weighted by atomic mass is 16.5. The zero-order valence-corrected chi connectivity index (χ0v) is 10.8. The van der Waals surface area contributed by atoms with E-state index in [1.807, 2.05) is 44.2 Å². The Morgan fingerprint density at radius 1 is 1.33 bits per heavy atom. The molecule has 0 saturated carbocycles. The van der Waals surface area contributed by atoms with Crippen LogP contribution in [0.2, 0.25) is 0 Å². The van der Waals surface area contributed by atoms with E-state index in [2.05, 4.69) is 5.10 Å². The fourth-order valence-electron chi connectivity index (χ4n) is 2.00. The van der Waals surface area contributed by atoms with Gasteiger partial charge < -0.3 is 4.74 Å². The van der Waals surface area contributed by atoms with Gasteiger partial charge in [0.25, 0.3) is 0 Å². The quantitative estimate of drug-likeness (QED) is 0.779. The number of hydrogen-bond donors (Lipinski definition) is 0. The molecule has 4 heteroatoms. The first-order valence-electron chi connectivity index (χ1n) is 5.91. The lowest BCUT2D eigenvalue weighted by atomic mass is 10.1. The summed E-state index contributed by atoms with van der Waals surface area (Å²) in [5, 5.41) is 4.48. The molecular formula is C14H16N2O2. The molecule has 0 spiro atoms. The number of carbonyl (C=O) groups is 1. The molecule has 4 nitrogen and oxygen atoms in total. The molecule has 94 valence electrons. The highest BCUT2D eigenvalue weighted by Crippen LogP contribution is 2.19. The molecule has 0 atom stereocenters. The number of para-hydroxylation sites is 1. The molecule has 1 heterocycles. The van der Waals surface area contributed by atoms with Crippen LogP contribution in [-0.4, -0.2) is 22.9 Å². The SMILES string of the molecule is CCc1nn(-c2ccccc2)c(C)c1C(=O)OC. The van der Waals surface area contributed by atoms with Gasteiger partial charge in [-0.05, 0) is 25.5 Å². The predicted octanol–water partition coefficient (Wildman–Crippen LogP) is 2.53. The third-order valence-electron chi connectivity index (χ3n) is 2.91. The van der Waals surface area contributed by atoms with Crippen LogP contribution in [-0.2, 0) is 11.2 Å². The molecule has 1 aromatic carbocycles. The van der Waals surface area contributed by atoms with Crippen molar-refractivity contribution in [3.8, 4) is 5.69 Å². The monoisotopic (exact) mass is 244 g/mol. The van der Waals surface area contributed by atoms with Crippen LogP contribution in [0, 0.1) is 6.92 Å². The van der Waals surface area contributed by atoms with Crippen molar-refractivity contribution in [3.05, 3.63) is 47.3 Å². The zero-order valence-electron chi connectivity index (χ0n) is 10.8. The number of aryl methyl sites for hydroxylation is 1. The summed E-state index contributed by atoms with van der Waals surface area (Å²) in [7, 11) is 1.39. The number of ether oxygens (including phenoxy) is 1. The summed E-state index contributed by atoms with van der Waals surface area (Å²) in [4.78, 5) is 11.8. The summed E-state index contributed by atoms with van der Waals surface area (Å²) >= 11 is 0. The summed E-state index contributed by atoms with van der Waals surface area (Å²) in [6.07, 6.45) is 0.700. The van der Waals surface area contributed by atoms with Gasteiger partial charge in [-0.1, -0.05) is 25.1 Å². The Kier molecular flexibility index (Phi) is 3.46. The lowest BCUT2D eigenvalue weighted by molar-refractivity contribution is 0.0598. The van der Waals surface area contributed by atoms with Gasteiger partial charge in [0, 0.05) is 0 Å². The van der Waals surface area contributed by atoms with E-state index in [0.717, 1.165) is 17.1 Å². The fourth-order valence-corrected chi connectivity index (χ4v) is 2.00. The number of hydrogen-bond acceptors (Lipinski definition) is 3. The topological polar surface area (TPSA) is 44.1 Å². The Balaban J connectivity index is 2.58. The third-order valence-corrected chi connectivity index (χ3v) is 2.91. The van der Waals surface area contributed by atoms with E-state index in [-0.39, 0.29) is 5.97 Å². The first-order valence-corrected chi connectivity index (χ1v) is 5.91. The maximum Gasteiger partial charge on any atom is 0.341 e. The Hall–Kier alpha value is -2.10. The van der Waals surface area contributed by atoms with Crippen molar-refractivity contribution in [3.63, 3.8) is 0 Å². The Labute approximate surface area is 106 Å². The predicted molar refractivity (Wildman–Crippen MR) is 69.0 cm³/mol. The Morgan fingerprint density at radius 3 is 2.56 bits per heavy atom. The van der Waals surface area contributed by atoms with Gasteiger partial charge in [0.1, 0.15) is 5.56 Å². The number of esters is 1. The number of rotatable bonds is 3. The van der Waals surface area contributed by atoms with E-state index < -0.39 is 0 Å². The van der Waals surface area contributed by atoms with Gasteiger partial charge in [0.15, 0.2) is 0 Å². The minimum absolute atomic E-state index is 0.327. The van der Waals surface area contributed by atoms with Crippen molar-refractivity contribution < 1.29 is 9.53 Å². The van der Waals surface area contributed by atoms with Gasteiger partial charge in [-0.15, -0.1) is 0 Å². The smallest absolute Gasteiger partial charge is 0.341 e. The molecule has 0 bridgehead atoms. The van der Waals surface area contributed by atoms with Crippen molar-refractivity contribution in [1.82, 2.24) is 9.78 Å². The normalized spacial score (nSPS) is 10.4. The van der Waals surface area contributed by atoms with Crippen molar-refractivity contribution in [2.45, 2.75) is 20.3 Å². The highest BCUT2D eigenvalue weighted by Gasteiger charge is 2.21. The zero-order chi connectivity index (χ0) is 13.1. The molecule has 0 amide bonds. The van der Waals surface area contributed by atoms with E-state index in [0.29, 0.717) is 12.0 Å². The molecular weight excluding hydrogens is 228 g/mol. The first-order chi connectivity index (χ1) is 8.69. The summed E-state index contributed by atoms with van der Waals surface area (Å²) in [5.41, 5.74) is 3.09. The van der Waals surface area contributed by atoms with Gasteiger partial charge in [-0.25, -0.2) is 9.48 Å². The number of nitrogens with zero attached hydrogens (tertiary/aromatic N) is 2. The van der Waals surface area contributed by atoms with Gasteiger partial charge >= 0.3 is 5.97 Å². The van der Waals surface area contributed by atoms with Crippen molar-refractivity contribution >= 4 is 5.97 Å². The third kappa shape index (κ3) is 2.01. The van der Waals surface area contributed by atoms with Crippen molar-refractivity contribution in [1.29, 1.82) is 0 Å². The van der Waals surface area contributed by atoms with Crippen molar-refractivity contribution in [2.75, 3.05) is 7.11 Å². The van der Waals surface area contributed by atoms with Gasteiger partial charge in [-0.3, -0.25) is 0 Å². The molecule has 2 rings (SSSR count). The molecule has 0 aliphatic heterocycles. The largest absolute Gasteiger partial charge is 0.465 e. The van der Waals surface area contributed by atoms with Crippen LogP contribution in [0.3, 0.4) is 0 Å². The first kappa shape index (κ1) is 12.4. The van der Waals surface area contributed by atoms with E-state index in [1.54, 1.807) is 4.68 Å². The van der Waals surface area contributed by atoms with Crippen LogP contribution >= 0.6 is 0 Å². The second-order valence-electron chi connectivity index (χ2n) is 4.00. The average Bonchev–Trinajstić information content (AvgIpc) is 2.76. The minimum Gasteiger partial charge on any atom is -0.465 e. The second-order valence-corrected chi connectivity index (χ2v) is 4.00. The van der Waals surface area contributed by atoms with E-state index >= 15 is 0 Å². The molecule has 18 heavy (non-hydrogen) atoms. The van der Waals surface area contributed by atoms with Gasteiger partial charge in [-0.2, -0.15) is 5.10 Å². The number of aromatic nitrogens is 2. The standard InChI is InChI=1S/C14H16N2O2/c1-4-12-13(14(17)18-3)10(2)16(15-12)11-8-6-5-7-9-11/h5-9H,4H2,1-3H3. The van der Waals surface area contributed by atoms with E-state index in [9.17, 15) is 4.79 Å². The molecule has 0 unspecified atom stereocenters. The summed E-state index contributed by atoms with van der Waals surface area (Å²) < 4.78 is 6.60. The van der Waals surface area contributed by atoms with Crippen LogP contribution in [0.15, 0.2) is 30.3 Å². The summed E-state index contributed by atoms with van der Waals surface area (Å²) in [6, 6.07) is 9.76. The molecule has 0 aliphatic rings. The van der Waals surface area contributed by atoms with Gasteiger partial charge in [0.2, 0.25) is 0 Å². The Bertz CT molecular complexity index is 559. The molecule has 0 radical (unpaired) electrons. The lowest BCUT2D eigenvalue weighted by Gasteiger charge is -2.04. The number of benzene rings is 1. The minimum atomic E-state index is -0.327. The average molecular weight is 244 g/mol. The number of carbonyl (C=O) groups excluding carboxylic acids is 1. The molecule has 0 N–H and O–H groups in total.